The number of anilines is 2. The Hall–Kier alpha value is -4.43. The van der Waals surface area contributed by atoms with Gasteiger partial charge in [0.2, 0.25) is 0 Å². The van der Waals surface area contributed by atoms with Gasteiger partial charge in [0.25, 0.3) is 0 Å². The summed E-state index contributed by atoms with van der Waals surface area (Å²) in [4.78, 5) is 6.61. The topological polar surface area (TPSA) is 16.1 Å². The van der Waals surface area contributed by atoms with Crippen LogP contribution in [0.15, 0.2) is 127 Å². The van der Waals surface area contributed by atoms with Gasteiger partial charge in [-0.2, -0.15) is 0 Å². The number of hydrogen-bond acceptors (Lipinski definition) is 2. The number of benzene rings is 4. The molecule has 0 unspecified atom stereocenters. The average molecular weight is 449 g/mol. The van der Waals surface area contributed by atoms with Crippen LogP contribution in [0.2, 0.25) is 0 Å². The lowest BCUT2D eigenvalue weighted by atomic mass is 9.94. The van der Waals surface area contributed by atoms with Crippen molar-refractivity contribution in [3.8, 4) is 33.4 Å². The van der Waals surface area contributed by atoms with E-state index >= 15 is 0 Å². The van der Waals surface area contributed by atoms with Crippen molar-refractivity contribution >= 4 is 22.1 Å². The highest BCUT2D eigenvalue weighted by molar-refractivity contribution is 6.18. The number of nitrogens with zero attached hydrogens (tertiary/aromatic N) is 2. The standard InChI is InChI=1S/C33H24N2/c1-2-9-24(10-3-1)35(25-18-20-34-21-19-25)26-11-6-8-23(22-26)27-16-17-32-29-13-5-4-12-28(29)31-15-7-14-30(27)33(31)32/h1-2,4-9,11-22H,3,10H2. The lowest BCUT2D eigenvalue weighted by Gasteiger charge is -2.29. The van der Waals surface area contributed by atoms with E-state index in [4.69, 9.17) is 0 Å². The smallest absolute Gasteiger partial charge is 0.0489 e. The van der Waals surface area contributed by atoms with Gasteiger partial charge >= 0.3 is 0 Å². The maximum absolute atomic E-state index is 4.25. The predicted molar refractivity (Wildman–Crippen MR) is 147 cm³/mol. The second-order valence-electron chi connectivity index (χ2n) is 9.15. The van der Waals surface area contributed by atoms with Crippen molar-refractivity contribution in [2.45, 2.75) is 12.8 Å². The first-order valence-electron chi connectivity index (χ1n) is 12.2. The van der Waals surface area contributed by atoms with Crippen molar-refractivity contribution in [1.29, 1.82) is 0 Å². The molecule has 5 aromatic rings. The van der Waals surface area contributed by atoms with Gasteiger partial charge in [0, 0.05) is 29.5 Å². The van der Waals surface area contributed by atoms with Crippen molar-refractivity contribution in [3.05, 3.63) is 127 Å². The fourth-order valence-corrected chi connectivity index (χ4v) is 5.62. The Balaban J connectivity index is 1.40. The Morgan fingerprint density at radius 3 is 2.17 bits per heavy atom. The Kier molecular flexibility index (Phi) is 4.63. The zero-order valence-corrected chi connectivity index (χ0v) is 19.4. The van der Waals surface area contributed by atoms with Gasteiger partial charge in [-0.1, -0.05) is 78.9 Å². The minimum absolute atomic E-state index is 1.02. The lowest BCUT2D eigenvalue weighted by Crippen LogP contribution is -2.17. The summed E-state index contributed by atoms with van der Waals surface area (Å²) in [6.45, 7) is 0. The summed E-state index contributed by atoms with van der Waals surface area (Å²) in [5, 5.41) is 2.67. The molecule has 0 saturated heterocycles. The van der Waals surface area contributed by atoms with Gasteiger partial charge in [-0.05, 0) is 87.3 Å². The van der Waals surface area contributed by atoms with E-state index in [0.29, 0.717) is 0 Å². The minimum Gasteiger partial charge on any atom is -0.314 e. The zero-order valence-electron chi connectivity index (χ0n) is 19.4. The molecular formula is C33H24N2. The third kappa shape index (κ3) is 3.22. The van der Waals surface area contributed by atoms with Crippen LogP contribution in [-0.2, 0) is 0 Å². The van der Waals surface area contributed by atoms with E-state index in [-0.39, 0.29) is 0 Å². The second-order valence-corrected chi connectivity index (χ2v) is 9.15. The van der Waals surface area contributed by atoms with Crippen molar-refractivity contribution in [1.82, 2.24) is 4.98 Å². The molecule has 0 spiro atoms. The molecule has 1 aromatic heterocycles. The lowest BCUT2D eigenvalue weighted by molar-refractivity contribution is 0.917. The van der Waals surface area contributed by atoms with E-state index in [1.807, 2.05) is 12.4 Å². The van der Waals surface area contributed by atoms with Gasteiger partial charge in [0.15, 0.2) is 0 Å². The molecule has 0 saturated carbocycles. The van der Waals surface area contributed by atoms with E-state index in [0.717, 1.165) is 18.5 Å². The second kappa shape index (κ2) is 8.11. The highest BCUT2D eigenvalue weighted by Gasteiger charge is 2.22. The van der Waals surface area contributed by atoms with Crippen LogP contribution < -0.4 is 4.90 Å². The summed E-state index contributed by atoms with van der Waals surface area (Å²) in [6.07, 6.45) is 12.4. The molecule has 0 fully saturated rings. The Morgan fingerprint density at radius 2 is 1.37 bits per heavy atom. The van der Waals surface area contributed by atoms with Crippen LogP contribution in [0.5, 0.6) is 0 Å². The van der Waals surface area contributed by atoms with E-state index in [1.54, 1.807) is 0 Å². The largest absolute Gasteiger partial charge is 0.314 e. The molecule has 0 radical (unpaired) electrons. The summed E-state index contributed by atoms with van der Waals surface area (Å²) < 4.78 is 0. The van der Waals surface area contributed by atoms with Crippen LogP contribution in [0.25, 0.3) is 44.2 Å². The van der Waals surface area contributed by atoms with E-state index in [1.165, 1.54) is 55.5 Å². The molecule has 2 nitrogen and oxygen atoms in total. The number of allylic oxidation sites excluding steroid dienone is 4. The Labute approximate surface area is 205 Å². The highest BCUT2D eigenvalue weighted by Crippen LogP contribution is 2.49. The van der Waals surface area contributed by atoms with Gasteiger partial charge in [-0.25, -0.2) is 0 Å². The Bertz CT molecular complexity index is 1610. The molecule has 166 valence electrons. The summed E-state index contributed by atoms with van der Waals surface area (Å²) >= 11 is 0. The molecular weight excluding hydrogens is 424 g/mol. The number of pyridine rings is 1. The molecule has 1 heterocycles. The molecule has 2 aliphatic rings. The van der Waals surface area contributed by atoms with E-state index in [2.05, 4.69) is 119 Å². The number of fused-ring (bicyclic) bond motifs is 3. The van der Waals surface area contributed by atoms with Crippen LogP contribution in [0.4, 0.5) is 11.4 Å². The van der Waals surface area contributed by atoms with Crippen LogP contribution in [0.1, 0.15) is 12.8 Å². The van der Waals surface area contributed by atoms with Crippen molar-refractivity contribution in [2.24, 2.45) is 0 Å². The van der Waals surface area contributed by atoms with Crippen LogP contribution in [-0.4, -0.2) is 4.98 Å². The first-order chi connectivity index (χ1) is 17.4. The summed E-state index contributed by atoms with van der Waals surface area (Å²) in [7, 11) is 0. The normalized spacial score (nSPS) is 13.5. The SMILES string of the molecule is C1=CCCC(N(c2ccncc2)c2cccc(-c3ccc4c5c(cccc35)-c3ccccc3-4)c2)=C1. The van der Waals surface area contributed by atoms with Gasteiger partial charge in [-0.3, -0.25) is 4.98 Å². The molecule has 0 bridgehead atoms. The number of hydrogen-bond donors (Lipinski definition) is 0. The van der Waals surface area contributed by atoms with Crippen LogP contribution >= 0.6 is 0 Å². The molecule has 0 atom stereocenters. The third-order valence-corrected chi connectivity index (χ3v) is 7.16. The van der Waals surface area contributed by atoms with Gasteiger partial charge in [-0.15, -0.1) is 0 Å². The van der Waals surface area contributed by atoms with E-state index in [9.17, 15) is 0 Å². The fraction of sp³-hybridized carbons (Fsp3) is 0.0606. The van der Waals surface area contributed by atoms with Gasteiger partial charge in [0.1, 0.15) is 0 Å². The molecule has 4 aromatic carbocycles. The molecule has 0 amide bonds. The third-order valence-electron chi connectivity index (χ3n) is 7.16. The predicted octanol–water partition coefficient (Wildman–Crippen LogP) is 8.92. The minimum atomic E-state index is 1.02. The molecule has 0 aliphatic heterocycles. The maximum atomic E-state index is 4.25. The van der Waals surface area contributed by atoms with Crippen molar-refractivity contribution in [3.63, 3.8) is 0 Å². The molecule has 35 heavy (non-hydrogen) atoms. The molecule has 2 aliphatic carbocycles. The van der Waals surface area contributed by atoms with Gasteiger partial charge < -0.3 is 4.90 Å². The van der Waals surface area contributed by atoms with Crippen LogP contribution in [0, 0.1) is 0 Å². The average Bonchev–Trinajstić information content (AvgIpc) is 3.26. The first kappa shape index (κ1) is 20.0. The van der Waals surface area contributed by atoms with Crippen LogP contribution in [0.3, 0.4) is 0 Å². The molecule has 0 N–H and O–H groups in total. The monoisotopic (exact) mass is 448 g/mol. The molecule has 7 rings (SSSR count). The zero-order chi connectivity index (χ0) is 23.2. The van der Waals surface area contributed by atoms with Crippen molar-refractivity contribution in [2.75, 3.05) is 4.90 Å². The highest BCUT2D eigenvalue weighted by atomic mass is 15.1. The molecule has 2 heteroatoms. The van der Waals surface area contributed by atoms with Crippen molar-refractivity contribution < 1.29 is 0 Å². The first-order valence-corrected chi connectivity index (χ1v) is 12.2. The fourth-order valence-electron chi connectivity index (χ4n) is 5.62. The summed E-state index contributed by atoms with van der Waals surface area (Å²) in [6, 6.07) is 33.2. The van der Waals surface area contributed by atoms with Gasteiger partial charge in [0.05, 0.1) is 0 Å². The number of aromatic nitrogens is 1. The maximum Gasteiger partial charge on any atom is 0.0489 e. The quantitative estimate of drug-likeness (QED) is 0.268. The number of rotatable bonds is 4. The van der Waals surface area contributed by atoms with E-state index < -0.39 is 0 Å². The summed E-state index contributed by atoms with van der Waals surface area (Å²) in [5.74, 6) is 0. The summed E-state index contributed by atoms with van der Waals surface area (Å²) in [5.41, 5.74) is 11.4. The Morgan fingerprint density at radius 1 is 0.629 bits per heavy atom.